The van der Waals surface area contributed by atoms with Gasteiger partial charge in [-0.3, -0.25) is 4.79 Å². The number of benzene rings is 1. The molecule has 0 saturated carbocycles. The van der Waals surface area contributed by atoms with E-state index in [0.29, 0.717) is 0 Å². The molecule has 0 spiro atoms. The third-order valence-electron chi connectivity index (χ3n) is 2.65. The molecule has 1 amide bonds. The minimum Gasteiger partial charge on any atom is -0.348 e. The zero-order chi connectivity index (χ0) is 12.7. The van der Waals surface area contributed by atoms with E-state index in [9.17, 15) is 4.79 Å². The van der Waals surface area contributed by atoms with Gasteiger partial charge in [-0.15, -0.1) is 0 Å². The lowest BCUT2D eigenvalue weighted by molar-refractivity contribution is -0.120. The van der Waals surface area contributed by atoms with Crippen molar-refractivity contribution in [1.29, 1.82) is 0 Å². The molecule has 0 saturated heterocycles. The summed E-state index contributed by atoms with van der Waals surface area (Å²) in [7, 11) is 0. The van der Waals surface area contributed by atoms with Crippen LogP contribution in [0.2, 0.25) is 0 Å². The van der Waals surface area contributed by atoms with Crippen LogP contribution in [0.25, 0.3) is 0 Å². The van der Waals surface area contributed by atoms with Crippen molar-refractivity contribution >= 4 is 5.91 Å². The van der Waals surface area contributed by atoms with Gasteiger partial charge in [0.25, 0.3) is 0 Å². The van der Waals surface area contributed by atoms with Crippen LogP contribution in [0.1, 0.15) is 43.9 Å². The van der Waals surface area contributed by atoms with E-state index in [1.54, 1.807) is 0 Å². The molecule has 1 atom stereocenters. The van der Waals surface area contributed by atoms with Crippen LogP contribution < -0.4 is 11.1 Å². The number of rotatable bonds is 2. The molecule has 1 aromatic carbocycles. The van der Waals surface area contributed by atoms with Gasteiger partial charge in [0.05, 0.1) is 12.6 Å². The van der Waals surface area contributed by atoms with Gasteiger partial charge in [-0.25, -0.2) is 0 Å². The summed E-state index contributed by atoms with van der Waals surface area (Å²) < 4.78 is 0. The van der Waals surface area contributed by atoms with Gasteiger partial charge in [-0.05, 0) is 24.0 Å². The molecule has 1 aliphatic carbocycles. The molecular formula is C14H22N2O. The SMILES string of the molecule is CCC.NCC(=O)N[C@@H]1CCc2ccccc21. The lowest BCUT2D eigenvalue weighted by Crippen LogP contribution is -2.32. The van der Waals surface area contributed by atoms with Crippen LogP contribution in [0.3, 0.4) is 0 Å². The van der Waals surface area contributed by atoms with Crippen LogP contribution in [0.5, 0.6) is 0 Å². The van der Waals surface area contributed by atoms with Crippen molar-refractivity contribution in [2.24, 2.45) is 5.73 Å². The van der Waals surface area contributed by atoms with E-state index in [1.807, 2.05) is 12.1 Å². The molecule has 3 N–H and O–H groups in total. The van der Waals surface area contributed by atoms with Crippen molar-refractivity contribution in [3.05, 3.63) is 35.4 Å². The molecule has 0 aliphatic heterocycles. The molecule has 0 bridgehead atoms. The number of fused-ring (bicyclic) bond motifs is 1. The second-order valence-electron chi connectivity index (χ2n) is 4.27. The lowest BCUT2D eigenvalue weighted by Gasteiger charge is -2.12. The fourth-order valence-electron chi connectivity index (χ4n) is 1.96. The predicted octanol–water partition coefficient (Wildman–Crippen LogP) is 2.17. The third kappa shape index (κ3) is 3.86. The number of nitrogens with one attached hydrogen (secondary N) is 1. The van der Waals surface area contributed by atoms with E-state index in [0.717, 1.165) is 12.8 Å². The normalized spacial score (nSPS) is 16.8. The molecule has 1 aromatic rings. The Bertz CT molecular complexity index is 363. The molecule has 0 aromatic heterocycles. The number of carbonyl (C=O) groups is 1. The van der Waals surface area contributed by atoms with Crippen molar-refractivity contribution in [2.45, 2.75) is 39.2 Å². The highest BCUT2D eigenvalue weighted by atomic mass is 16.1. The maximum absolute atomic E-state index is 11.1. The van der Waals surface area contributed by atoms with Crippen LogP contribution in [0.15, 0.2) is 24.3 Å². The van der Waals surface area contributed by atoms with E-state index in [1.165, 1.54) is 17.5 Å². The first-order chi connectivity index (χ1) is 8.22. The molecule has 94 valence electrons. The Balaban J connectivity index is 0.000000437. The smallest absolute Gasteiger partial charge is 0.234 e. The second kappa shape index (κ2) is 7.07. The summed E-state index contributed by atoms with van der Waals surface area (Å²) in [5, 5.41) is 2.92. The standard InChI is InChI=1S/C11H14N2O.C3H8/c12-7-11(14)13-10-6-5-8-3-1-2-4-9(8)10;1-3-2/h1-4,10H,5-7,12H2,(H,13,14);3H2,1-2H3/t10-;/m1./s1. The Labute approximate surface area is 103 Å². The van der Waals surface area contributed by atoms with E-state index >= 15 is 0 Å². The summed E-state index contributed by atoms with van der Waals surface area (Å²) in [6.45, 7) is 4.32. The average Bonchev–Trinajstić information content (AvgIpc) is 2.74. The highest BCUT2D eigenvalue weighted by Crippen LogP contribution is 2.30. The Morgan fingerprint density at radius 1 is 1.41 bits per heavy atom. The molecule has 2 rings (SSSR count). The van der Waals surface area contributed by atoms with Gasteiger partial charge in [-0.1, -0.05) is 44.5 Å². The van der Waals surface area contributed by atoms with Gasteiger partial charge >= 0.3 is 0 Å². The molecule has 1 aliphatic rings. The number of amides is 1. The first-order valence-electron chi connectivity index (χ1n) is 6.30. The lowest BCUT2D eigenvalue weighted by atomic mass is 10.1. The van der Waals surface area contributed by atoms with Crippen LogP contribution in [0, 0.1) is 0 Å². The maximum Gasteiger partial charge on any atom is 0.234 e. The first kappa shape index (κ1) is 13.7. The molecule has 3 nitrogen and oxygen atoms in total. The maximum atomic E-state index is 11.1. The predicted molar refractivity (Wildman–Crippen MR) is 70.7 cm³/mol. The van der Waals surface area contributed by atoms with Crippen molar-refractivity contribution in [1.82, 2.24) is 5.32 Å². The summed E-state index contributed by atoms with van der Waals surface area (Å²) in [6.07, 6.45) is 3.29. The number of aryl methyl sites for hydroxylation is 1. The van der Waals surface area contributed by atoms with Gasteiger partial charge in [0.15, 0.2) is 0 Å². The average molecular weight is 234 g/mol. The number of carbonyl (C=O) groups excluding carboxylic acids is 1. The Morgan fingerprint density at radius 2 is 2.06 bits per heavy atom. The van der Waals surface area contributed by atoms with Crippen LogP contribution in [0.4, 0.5) is 0 Å². The highest BCUT2D eigenvalue weighted by Gasteiger charge is 2.22. The van der Waals surface area contributed by atoms with E-state index in [2.05, 4.69) is 31.3 Å². The van der Waals surface area contributed by atoms with Crippen LogP contribution in [-0.2, 0) is 11.2 Å². The van der Waals surface area contributed by atoms with Crippen molar-refractivity contribution in [2.75, 3.05) is 6.54 Å². The molecule has 0 radical (unpaired) electrons. The topological polar surface area (TPSA) is 55.1 Å². The van der Waals surface area contributed by atoms with Crippen molar-refractivity contribution in [3.63, 3.8) is 0 Å². The molecule has 0 heterocycles. The fourth-order valence-corrected chi connectivity index (χ4v) is 1.96. The molecule has 3 heteroatoms. The van der Waals surface area contributed by atoms with Crippen molar-refractivity contribution in [3.8, 4) is 0 Å². The summed E-state index contributed by atoms with van der Waals surface area (Å²) in [6, 6.07) is 8.40. The zero-order valence-electron chi connectivity index (χ0n) is 10.7. The van der Waals surface area contributed by atoms with E-state index < -0.39 is 0 Å². The summed E-state index contributed by atoms with van der Waals surface area (Å²) in [5.41, 5.74) is 7.85. The van der Waals surface area contributed by atoms with Gasteiger partial charge < -0.3 is 11.1 Å². The summed E-state index contributed by atoms with van der Waals surface area (Å²) in [4.78, 5) is 11.1. The Hall–Kier alpha value is -1.35. The summed E-state index contributed by atoms with van der Waals surface area (Å²) >= 11 is 0. The van der Waals surface area contributed by atoms with Gasteiger partial charge in [-0.2, -0.15) is 0 Å². The van der Waals surface area contributed by atoms with E-state index in [-0.39, 0.29) is 18.5 Å². The van der Waals surface area contributed by atoms with Crippen molar-refractivity contribution < 1.29 is 4.79 Å². The number of hydrogen-bond acceptors (Lipinski definition) is 2. The molecular weight excluding hydrogens is 212 g/mol. The quantitative estimate of drug-likeness (QED) is 0.824. The number of hydrogen-bond donors (Lipinski definition) is 2. The largest absolute Gasteiger partial charge is 0.348 e. The molecule has 17 heavy (non-hydrogen) atoms. The third-order valence-corrected chi connectivity index (χ3v) is 2.65. The summed E-state index contributed by atoms with van der Waals surface area (Å²) in [5.74, 6) is -0.0771. The minimum absolute atomic E-state index is 0.0681. The monoisotopic (exact) mass is 234 g/mol. The van der Waals surface area contributed by atoms with Crippen LogP contribution >= 0.6 is 0 Å². The van der Waals surface area contributed by atoms with Gasteiger partial charge in [0.2, 0.25) is 5.91 Å². The fraction of sp³-hybridized carbons (Fsp3) is 0.500. The molecule has 0 fully saturated rings. The zero-order valence-corrected chi connectivity index (χ0v) is 10.7. The number of nitrogens with two attached hydrogens (primary N) is 1. The van der Waals surface area contributed by atoms with Gasteiger partial charge in [0, 0.05) is 0 Å². The second-order valence-corrected chi connectivity index (χ2v) is 4.27. The van der Waals surface area contributed by atoms with E-state index in [4.69, 9.17) is 5.73 Å². The minimum atomic E-state index is -0.0771. The molecule has 0 unspecified atom stereocenters. The first-order valence-corrected chi connectivity index (χ1v) is 6.30. The van der Waals surface area contributed by atoms with Gasteiger partial charge in [0.1, 0.15) is 0 Å². The highest BCUT2D eigenvalue weighted by molar-refractivity contribution is 5.78. The van der Waals surface area contributed by atoms with Crippen LogP contribution in [-0.4, -0.2) is 12.5 Å². The Kier molecular flexibility index (Phi) is 5.70. The Morgan fingerprint density at radius 3 is 2.71 bits per heavy atom.